The monoisotopic (exact) mass is 328 g/mol. The molecule has 0 aliphatic carbocycles. The summed E-state index contributed by atoms with van der Waals surface area (Å²) in [4.78, 5) is 7.30. The minimum atomic E-state index is -1.23. The number of hydrogen-bond donors (Lipinski definition) is 2. The van der Waals surface area contributed by atoms with Gasteiger partial charge in [-0.3, -0.25) is 5.10 Å². The van der Waals surface area contributed by atoms with Gasteiger partial charge in [0.25, 0.3) is 0 Å². The van der Waals surface area contributed by atoms with Crippen LogP contribution in [0.15, 0.2) is 36.5 Å². The highest BCUT2D eigenvalue weighted by Gasteiger charge is 2.19. The van der Waals surface area contributed by atoms with Crippen LogP contribution in [0, 0.1) is 24.4 Å². The van der Waals surface area contributed by atoms with E-state index in [1.165, 1.54) is 0 Å². The van der Waals surface area contributed by atoms with E-state index >= 15 is 0 Å². The number of aromatic amines is 2. The summed E-state index contributed by atoms with van der Waals surface area (Å²) < 4.78 is 40.9. The maximum atomic E-state index is 14.1. The molecule has 24 heavy (non-hydrogen) atoms. The molecule has 0 atom stereocenters. The van der Waals surface area contributed by atoms with Crippen molar-refractivity contribution in [2.45, 2.75) is 6.92 Å². The highest BCUT2D eigenvalue weighted by Crippen LogP contribution is 2.33. The van der Waals surface area contributed by atoms with E-state index in [1.54, 1.807) is 13.1 Å². The first-order valence-electron chi connectivity index (χ1n) is 7.18. The molecule has 0 saturated heterocycles. The molecule has 0 aliphatic heterocycles. The lowest BCUT2D eigenvalue weighted by molar-refractivity contribution is 0.496. The van der Waals surface area contributed by atoms with Crippen LogP contribution in [0.4, 0.5) is 13.2 Å². The number of aryl methyl sites for hydroxylation is 1. The van der Waals surface area contributed by atoms with Crippen molar-refractivity contribution < 1.29 is 13.2 Å². The quantitative estimate of drug-likeness (QED) is 0.538. The summed E-state index contributed by atoms with van der Waals surface area (Å²) in [5.41, 5.74) is 2.26. The number of imidazole rings is 1. The Balaban J connectivity index is 1.94. The van der Waals surface area contributed by atoms with E-state index in [4.69, 9.17) is 0 Å². The van der Waals surface area contributed by atoms with Gasteiger partial charge in [0.15, 0.2) is 11.6 Å². The van der Waals surface area contributed by atoms with E-state index in [0.29, 0.717) is 17.6 Å². The van der Waals surface area contributed by atoms with E-state index in [0.717, 1.165) is 22.5 Å². The maximum Gasteiger partial charge on any atom is 0.161 e. The van der Waals surface area contributed by atoms with Crippen molar-refractivity contribution in [3.63, 3.8) is 0 Å². The molecule has 4 aromatic rings. The van der Waals surface area contributed by atoms with Crippen molar-refractivity contribution in [3.05, 3.63) is 59.8 Å². The van der Waals surface area contributed by atoms with Crippen LogP contribution in [-0.4, -0.2) is 20.2 Å². The Bertz CT molecular complexity index is 1070. The van der Waals surface area contributed by atoms with Crippen LogP contribution in [0.2, 0.25) is 0 Å². The van der Waals surface area contributed by atoms with Gasteiger partial charge in [-0.25, -0.2) is 18.2 Å². The van der Waals surface area contributed by atoms with Gasteiger partial charge in [0.1, 0.15) is 11.6 Å². The zero-order chi connectivity index (χ0) is 16.8. The summed E-state index contributed by atoms with van der Waals surface area (Å²) in [5, 5.41) is 7.67. The molecule has 0 fully saturated rings. The molecule has 0 amide bonds. The molecule has 2 heterocycles. The second kappa shape index (κ2) is 5.23. The lowest BCUT2D eigenvalue weighted by Gasteiger charge is -2.06. The average Bonchev–Trinajstić information content (AvgIpc) is 3.16. The number of aromatic nitrogens is 4. The number of nitrogens with zero attached hydrogens (tertiary/aromatic N) is 2. The molecular formula is C17H11F3N4. The SMILES string of the molecule is Cc1nc(-c2cc(F)c(F)cc2F)c(-c2ccc3[nH]ncc3c2)[nH]1. The van der Waals surface area contributed by atoms with Gasteiger partial charge in [-0.2, -0.15) is 5.10 Å². The zero-order valence-corrected chi connectivity index (χ0v) is 12.5. The van der Waals surface area contributed by atoms with Crippen molar-refractivity contribution in [1.82, 2.24) is 20.2 Å². The molecule has 4 rings (SSSR count). The number of nitrogens with one attached hydrogen (secondary N) is 2. The molecule has 0 unspecified atom stereocenters. The van der Waals surface area contributed by atoms with Gasteiger partial charge in [0.05, 0.1) is 23.1 Å². The molecule has 0 saturated carbocycles. The minimum absolute atomic E-state index is 0.0967. The normalized spacial score (nSPS) is 11.3. The van der Waals surface area contributed by atoms with Crippen LogP contribution >= 0.6 is 0 Å². The highest BCUT2D eigenvalue weighted by molar-refractivity contribution is 5.87. The van der Waals surface area contributed by atoms with Crippen molar-refractivity contribution in [1.29, 1.82) is 0 Å². The summed E-state index contributed by atoms with van der Waals surface area (Å²) >= 11 is 0. The minimum Gasteiger partial charge on any atom is -0.342 e. The van der Waals surface area contributed by atoms with Gasteiger partial charge < -0.3 is 4.98 Å². The average molecular weight is 328 g/mol. The third-order valence-corrected chi connectivity index (χ3v) is 3.82. The summed E-state index contributed by atoms with van der Waals surface area (Å²) in [5.74, 6) is -2.68. The van der Waals surface area contributed by atoms with E-state index in [1.807, 2.05) is 18.2 Å². The number of fused-ring (bicyclic) bond motifs is 1. The molecule has 0 aliphatic rings. The third-order valence-electron chi connectivity index (χ3n) is 3.82. The Morgan fingerprint density at radius 1 is 0.958 bits per heavy atom. The van der Waals surface area contributed by atoms with Crippen LogP contribution in [0.1, 0.15) is 5.82 Å². The lowest BCUT2D eigenvalue weighted by atomic mass is 10.0. The fourth-order valence-electron chi connectivity index (χ4n) is 2.70. The predicted octanol–water partition coefficient (Wildman–Crippen LogP) is 4.35. The van der Waals surface area contributed by atoms with Crippen LogP contribution in [0.3, 0.4) is 0 Å². The van der Waals surface area contributed by atoms with Gasteiger partial charge in [0.2, 0.25) is 0 Å². The molecule has 4 nitrogen and oxygen atoms in total. The molecule has 120 valence electrons. The van der Waals surface area contributed by atoms with Crippen LogP contribution in [0.25, 0.3) is 33.4 Å². The molecule has 0 radical (unpaired) electrons. The topological polar surface area (TPSA) is 57.4 Å². The Kier molecular flexibility index (Phi) is 3.16. The standard InChI is InChI=1S/C17H11F3N4/c1-8-22-16(9-2-3-15-10(4-9)7-21-24-15)17(23-8)11-5-13(19)14(20)6-12(11)18/h2-7H,1H3,(H,21,24)(H,22,23). The molecule has 0 spiro atoms. The van der Waals surface area contributed by atoms with Crippen LogP contribution in [-0.2, 0) is 0 Å². The first-order valence-corrected chi connectivity index (χ1v) is 7.18. The van der Waals surface area contributed by atoms with Gasteiger partial charge in [-0.05, 0) is 25.1 Å². The third kappa shape index (κ3) is 2.25. The molecular weight excluding hydrogens is 317 g/mol. The first-order chi connectivity index (χ1) is 11.5. The number of halogens is 3. The van der Waals surface area contributed by atoms with Gasteiger partial charge in [-0.15, -0.1) is 0 Å². The van der Waals surface area contributed by atoms with Crippen LogP contribution in [0.5, 0.6) is 0 Å². The number of hydrogen-bond acceptors (Lipinski definition) is 2. The summed E-state index contributed by atoms with van der Waals surface area (Å²) in [6.45, 7) is 1.71. The first kappa shape index (κ1) is 14.5. The van der Waals surface area contributed by atoms with Gasteiger partial charge in [-0.1, -0.05) is 6.07 Å². The van der Waals surface area contributed by atoms with Crippen molar-refractivity contribution in [2.24, 2.45) is 0 Å². The Morgan fingerprint density at radius 2 is 1.75 bits per heavy atom. The van der Waals surface area contributed by atoms with Crippen LogP contribution < -0.4 is 0 Å². The predicted molar refractivity (Wildman–Crippen MR) is 83.7 cm³/mol. The summed E-state index contributed by atoms with van der Waals surface area (Å²) in [7, 11) is 0. The van der Waals surface area contributed by atoms with Crippen molar-refractivity contribution in [2.75, 3.05) is 0 Å². The molecule has 2 aromatic heterocycles. The molecule has 7 heteroatoms. The summed E-state index contributed by atoms with van der Waals surface area (Å²) in [6.07, 6.45) is 1.67. The van der Waals surface area contributed by atoms with E-state index in [-0.39, 0.29) is 11.3 Å². The highest BCUT2D eigenvalue weighted by atomic mass is 19.2. The van der Waals surface area contributed by atoms with Crippen molar-refractivity contribution in [3.8, 4) is 22.5 Å². The number of H-pyrrole nitrogens is 2. The fourth-order valence-corrected chi connectivity index (χ4v) is 2.70. The van der Waals surface area contributed by atoms with E-state index in [2.05, 4.69) is 20.2 Å². The second-order valence-electron chi connectivity index (χ2n) is 5.46. The molecule has 2 aromatic carbocycles. The number of benzene rings is 2. The van der Waals surface area contributed by atoms with Gasteiger partial charge in [0, 0.05) is 22.6 Å². The maximum absolute atomic E-state index is 14.1. The number of rotatable bonds is 2. The Morgan fingerprint density at radius 3 is 2.58 bits per heavy atom. The van der Waals surface area contributed by atoms with E-state index < -0.39 is 17.5 Å². The molecule has 2 N–H and O–H groups in total. The smallest absolute Gasteiger partial charge is 0.161 e. The molecule has 0 bridgehead atoms. The Labute approximate surface area is 134 Å². The summed E-state index contributed by atoms with van der Waals surface area (Å²) in [6, 6.07) is 6.85. The lowest BCUT2D eigenvalue weighted by Crippen LogP contribution is -1.93. The van der Waals surface area contributed by atoms with Crippen molar-refractivity contribution >= 4 is 10.9 Å². The largest absolute Gasteiger partial charge is 0.342 e. The fraction of sp³-hybridized carbons (Fsp3) is 0.0588. The second-order valence-corrected chi connectivity index (χ2v) is 5.46. The zero-order valence-electron chi connectivity index (χ0n) is 12.5. The van der Waals surface area contributed by atoms with E-state index in [9.17, 15) is 13.2 Å². The van der Waals surface area contributed by atoms with Gasteiger partial charge >= 0.3 is 0 Å². The Hall–Kier alpha value is -3.09.